The molecule has 0 radical (unpaired) electrons. The zero-order valence-electron chi connectivity index (χ0n) is 11.4. The lowest BCUT2D eigenvalue weighted by molar-refractivity contribution is -0.132. The first-order valence-corrected chi connectivity index (χ1v) is 8.24. The number of rotatable bonds is 3. The molecule has 0 aliphatic carbocycles. The predicted molar refractivity (Wildman–Crippen MR) is 78.3 cm³/mol. The number of amides is 1. The van der Waals surface area contributed by atoms with Gasteiger partial charge in [0.1, 0.15) is 0 Å². The van der Waals surface area contributed by atoms with Crippen molar-refractivity contribution in [3.8, 4) is 0 Å². The van der Waals surface area contributed by atoms with Crippen molar-refractivity contribution in [2.24, 2.45) is 5.92 Å². The van der Waals surface area contributed by atoms with Gasteiger partial charge in [-0.2, -0.15) is 0 Å². The van der Waals surface area contributed by atoms with E-state index in [4.69, 9.17) is 0 Å². The van der Waals surface area contributed by atoms with E-state index in [9.17, 15) is 4.79 Å². The maximum absolute atomic E-state index is 12.3. The molecule has 3 heterocycles. The highest BCUT2D eigenvalue weighted by Crippen LogP contribution is 2.25. The van der Waals surface area contributed by atoms with Crippen LogP contribution in [0.2, 0.25) is 0 Å². The molecule has 2 aliphatic heterocycles. The molecular weight excluding hydrogens is 256 g/mol. The molecule has 0 unspecified atom stereocenters. The molecule has 1 saturated heterocycles. The number of nitrogens with zero attached hydrogens (tertiary/aromatic N) is 1. The summed E-state index contributed by atoms with van der Waals surface area (Å²) >= 11 is 1.83. The Bertz CT molecular complexity index is 437. The van der Waals surface area contributed by atoms with Crippen LogP contribution in [-0.4, -0.2) is 30.4 Å². The average molecular weight is 278 g/mol. The van der Waals surface area contributed by atoms with Gasteiger partial charge in [-0.15, -0.1) is 11.3 Å². The highest BCUT2D eigenvalue weighted by molar-refractivity contribution is 7.10. The first-order valence-electron chi connectivity index (χ1n) is 7.36. The van der Waals surface area contributed by atoms with E-state index in [1.54, 1.807) is 0 Å². The van der Waals surface area contributed by atoms with Gasteiger partial charge in [-0.05, 0) is 61.7 Å². The minimum Gasteiger partial charge on any atom is -0.338 e. The second kappa shape index (κ2) is 6.06. The van der Waals surface area contributed by atoms with Crippen molar-refractivity contribution in [3.05, 3.63) is 21.9 Å². The maximum atomic E-state index is 12.3. The van der Waals surface area contributed by atoms with Gasteiger partial charge in [0.15, 0.2) is 0 Å². The fourth-order valence-corrected chi connectivity index (χ4v) is 4.01. The third-order valence-corrected chi connectivity index (χ3v) is 5.41. The summed E-state index contributed by atoms with van der Waals surface area (Å²) in [6.45, 7) is 4.00. The van der Waals surface area contributed by atoms with Gasteiger partial charge in [0, 0.05) is 24.4 Å². The Labute approximate surface area is 119 Å². The van der Waals surface area contributed by atoms with Crippen LogP contribution >= 0.6 is 11.3 Å². The minimum absolute atomic E-state index is 0.357. The van der Waals surface area contributed by atoms with E-state index in [-0.39, 0.29) is 0 Å². The number of hydrogen-bond acceptors (Lipinski definition) is 3. The number of piperidine rings is 1. The van der Waals surface area contributed by atoms with E-state index in [2.05, 4.69) is 21.7 Å². The van der Waals surface area contributed by atoms with Gasteiger partial charge in [0.25, 0.3) is 0 Å². The Balaban J connectivity index is 1.48. The third kappa shape index (κ3) is 3.18. The SMILES string of the molecule is O=C(CCC1CCNCC1)N1CCc2sccc2C1. The van der Waals surface area contributed by atoms with Crippen LogP contribution in [0, 0.1) is 5.92 Å². The molecule has 1 aromatic rings. The average Bonchev–Trinajstić information content (AvgIpc) is 2.93. The molecule has 1 amide bonds. The van der Waals surface area contributed by atoms with Gasteiger partial charge in [0.05, 0.1) is 0 Å². The van der Waals surface area contributed by atoms with Crippen LogP contribution in [0.15, 0.2) is 11.4 Å². The van der Waals surface area contributed by atoms with E-state index in [1.165, 1.54) is 23.3 Å². The molecule has 3 nitrogen and oxygen atoms in total. The zero-order valence-corrected chi connectivity index (χ0v) is 12.2. The Morgan fingerprint density at radius 2 is 2.26 bits per heavy atom. The lowest BCUT2D eigenvalue weighted by Gasteiger charge is -2.28. The Morgan fingerprint density at radius 3 is 3.11 bits per heavy atom. The van der Waals surface area contributed by atoms with Crippen LogP contribution in [0.3, 0.4) is 0 Å². The van der Waals surface area contributed by atoms with E-state index in [0.29, 0.717) is 5.91 Å². The Hall–Kier alpha value is -0.870. The maximum Gasteiger partial charge on any atom is 0.222 e. The Morgan fingerprint density at radius 1 is 1.42 bits per heavy atom. The summed E-state index contributed by atoms with van der Waals surface area (Å²) < 4.78 is 0. The van der Waals surface area contributed by atoms with E-state index < -0.39 is 0 Å². The van der Waals surface area contributed by atoms with Crippen LogP contribution < -0.4 is 5.32 Å². The third-order valence-electron chi connectivity index (χ3n) is 4.39. The number of nitrogens with one attached hydrogen (secondary N) is 1. The molecule has 1 N–H and O–H groups in total. The van der Waals surface area contributed by atoms with Gasteiger partial charge in [-0.3, -0.25) is 4.79 Å². The molecule has 3 rings (SSSR count). The van der Waals surface area contributed by atoms with Crippen molar-refractivity contribution in [2.45, 2.75) is 38.6 Å². The molecule has 0 bridgehead atoms. The molecular formula is C15H22N2OS. The van der Waals surface area contributed by atoms with Gasteiger partial charge in [0.2, 0.25) is 5.91 Å². The van der Waals surface area contributed by atoms with Crippen molar-refractivity contribution in [3.63, 3.8) is 0 Å². The number of carbonyl (C=O) groups is 1. The highest BCUT2D eigenvalue weighted by Gasteiger charge is 2.22. The predicted octanol–water partition coefficient (Wildman–Crippen LogP) is 2.41. The quantitative estimate of drug-likeness (QED) is 0.921. The largest absolute Gasteiger partial charge is 0.338 e. The lowest BCUT2D eigenvalue weighted by Crippen LogP contribution is -2.36. The molecule has 0 saturated carbocycles. The molecule has 19 heavy (non-hydrogen) atoms. The molecule has 0 aromatic carbocycles. The van der Waals surface area contributed by atoms with E-state index in [1.807, 2.05) is 11.3 Å². The number of carbonyl (C=O) groups excluding carboxylic acids is 1. The van der Waals surface area contributed by atoms with Crippen molar-refractivity contribution in [1.82, 2.24) is 10.2 Å². The van der Waals surface area contributed by atoms with E-state index in [0.717, 1.165) is 51.4 Å². The van der Waals surface area contributed by atoms with Crippen LogP contribution in [0.5, 0.6) is 0 Å². The fourth-order valence-electron chi connectivity index (χ4n) is 3.12. The lowest BCUT2D eigenvalue weighted by atomic mass is 9.93. The number of fused-ring (bicyclic) bond motifs is 1. The molecule has 4 heteroatoms. The molecule has 1 aromatic heterocycles. The van der Waals surface area contributed by atoms with Crippen LogP contribution in [0.4, 0.5) is 0 Å². The van der Waals surface area contributed by atoms with Crippen molar-refractivity contribution >= 4 is 17.2 Å². The standard InChI is InChI=1S/C15H22N2OS/c18-15(2-1-12-3-7-16-8-4-12)17-9-5-14-13(11-17)6-10-19-14/h6,10,12,16H,1-5,7-9,11H2. The van der Waals surface area contributed by atoms with Crippen LogP contribution in [0.25, 0.3) is 0 Å². The zero-order chi connectivity index (χ0) is 13.1. The smallest absolute Gasteiger partial charge is 0.222 e. The van der Waals surface area contributed by atoms with E-state index >= 15 is 0 Å². The number of thiophene rings is 1. The molecule has 0 spiro atoms. The fraction of sp³-hybridized carbons (Fsp3) is 0.667. The number of hydrogen-bond donors (Lipinski definition) is 1. The summed E-state index contributed by atoms with van der Waals surface area (Å²) in [7, 11) is 0. The van der Waals surface area contributed by atoms with Crippen molar-refractivity contribution in [1.29, 1.82) is 0 Å². The van der Waals surface area contributed by atoms with Crippen molar-refractivity contribution < 1.29 is 4.79 Å². The molecule has 1 fully saturated rings. The van der Waals surface area contributed by atoms with Crippen LogP contribution in [0.1, 0.15) is 36.1 Å². The minimum atomic E-state index is 0.357. The van der Waals surface area contributed by atoms with Gasteiger partial charge in [-0.25, -0.2) is 0 Å². The first-order chi connectivity index (χ1) is 9.33. The molecule has 104 valence electrons. The topological polar surface area (TPSA) is 32.3 Å². The summed E-state index contributed by atoms with van der Waals surface area (Å²) in [6, 6.07) is 2.17. The van der Waals surface area contributed by atoms with Crippen LogP contribution in [-0.2, 0) is 17.8 Å². The normalized spacial score (nSPS) is 20.3. The Kier molecular flexibility index (Phi) is 4.18. The summed E-state index contributed by atoms with van der Waals surface area (Å²) in [5, 5.41) is 5.53. The summed E-state index contributed by atoms with van der Waals surface area (Å²) in [5.74, 6) is 1.11. The van der Waals surface area contributed by atoms with Gasteiger partial charge >= 0.3 is 0 Å². The summed E-state index contributed by atoms with van der Waals surface area (Å²) in [4.78, 5) is 15.8. The second-order valence-electron chi connectivity index (χ2n) is 5.67. The highest BCUT2D eigenvalue weighted by atomic mass is 32.1. The monoisotopic (exact) mass is 278 g/mol. The summed E-state index contributed by atoms with van der Waals surface area (Å²) in [6.07, 6.45) is 5.34. The van der Waals surface area contributed by atoms with Crippen molar-refractivity contribution in [2.75, 3.05) is 19.6 Å². The van der Waals surface area contributed by atoms with Gasteiger partial charge in [-0.1, -0.05) is 0 Å². The van der Waals surface area contributed by atoms with Gasteiger partial charge < -0.3 is 10.2 Å². The second-order valence-corrected chi connectivity index (χ2v) is 6.67. The first kappa shape index (κ1) is 13.1. The summed E-state index contributed by atoms with van der Waals surface area (Å²) in [5.41, 5.74) is 1.37. The molecule has 0 atom stereocenters. The molecule has 2 aliphatic rings.